The summed E-state index contributed by atoms with van der Waals surface area (Å²) in [7, 11) is 0. The molecule has 45 heavy (non-hydrogen) atoms. The fraction of sp³-hybridized carbons (Fsp3) is 0.237. The second-order valence-corrected chi connectivity index (χ2v) is 10.3. The monoisotopic (exact) mass is 604 g/mol. The summed E-state index contributed by atoms with van der Waals surface area (Å²) in [6.07, 6.45) is 6.08. The number of esters is 2. The van der Waals surface area contributed by atoms with E-state index in [0.29, 0.717) is 29.9 Å². The molecule has 230 valence electrons. The third-order valence-electron chi connectivity index (χ3n) is 6.86. The van der Waals surface area contributed by atoms with Crippen LogP contribution in [0, 0.1) is 11.8 Å². The highest BCUT2D eigenvalue weighted by molar-refractivity contribution is 5.96. The lowest BCUT2D eigenvalue weighted by atomic mass is 10.1. The Labute approximate surface area is 263 Å². The first-order chi connectivity index (χ1) is 21.9. The summed E-state index contributed by atoms with van der Waals surface area (Å²) in [5, 5.41) is 1.55. The quantitative estimate of drug-likeness (QED) is 0.0379. The van der Waals surface area contributed by atoms with E-state index in [1.807, 2.05) is 12.1 Å². The molecule has 0 saturated heterocycles. The number of ether oxygens (including phenoxy) is 4. The number of carbonyl (C=O) groups is 3. The van der Waals surface area contributed by atoms with Gasteiger partial charge in [0.1, 0.15) is 11.5 Å². The van der Waals surface area contributed by atoms with Crippen molar-refractivity contribution >= 4 is 28.9 Å². The molecule has 4 aromatic carbocycles. The predicted octanol–water partition coefficient (Wildman–Crippen LogP) is 8.22. The predicted molar refractivity (Wildman–Crippen MR) is 173 cm³/mol. The van der Waals surface area contributed by atoms with Crippen LogP contribution in [-0.4, -0.2) is 31.3 Å². The van der Waals surface area contributed by atoms with E-state index < -0.39 is 18.1 Å². The second-order valence-electron chi connectivity index (χ2n) is 10.3. The lowest BCUT2D eigenvalue weighted by molar-refractivity contribution is -0.137. The van der Waals surface area contributed by atoms with Gasteiger partial charge in [0.15, 0.2) is 0 Å². The van der Waals surface area contributed by atoms with Crippen molar-refractivity contribution in [2.24, 2.45) is 0 Å². The van der Waals surface area contributed by atoms with Gasteiger partial charge in [-0.15, -0.1) is 0 Å². The standard InChI is InChI=1S/C38H36O7/c1-3-5-6-9-28-10-12-29(13-11-28)14-15-30-16-21-34(22-17-30)44-37(40)33-19-18-32-27-35(23-20-31(32)26-33)45-38(41)43-25-8-7-24-42-36(39)4-2/h4,10-13,16-23,26-27H,2-3,5-9,24-25H2,1H3. The number of hydrogen-bond donors (Lipinski definition) is 0. The molecule has 0 aliphatic heterocycles. The summed E-state index contributed by atoms with van der Waals surface area (Å²) in [6, 6.07) is 25.6. The third-order valence-corrected chi connectivity index (χ3v) is 6.86. The molecule has 0 unspecified atom stereocenters. The molecule has 0 saturated carbocycles. The lowest BCUT2D eigenvalue weighted by Crippen LogP contribution is -2.12. The van der Waals surface area contributed by atoms with Crippen LogP contribution < -0.4 is 9.47 Å². The smallest absolute Gasteiger partial charge is 0.463 e. The van der Waals surface area contributed by atoms with Crippen LogP contribution >= 0.6 is 0 Å². The first kappa shape index (κ1) is 32.6. The maximum Gasteiger partial charge on any atom is 0.513 e. The van der Waals surface area contributed by atoms with Crippen LogP contribution in [0.25, 0.3) is 10.8 Å². The van der Waals surface area contributed by atoms with Crippen LogP contribution in [0.3, 0.4) is 0 Å². The molecular weight excluding hydrogens is 568 g/mol. The van der Waals surface area contributed by atoms with Gasteiger partial charge in [-0.05, 0) is 103 Å². The molecule has 0 heterocycles. The Morgan fingerprint density at radius 1 is 0.689 bits per heavy atom. The Bertz CT molecular complexity index is 1680. The number of hydrogen-bond acceptors (Lipinski definition) is 7. The number of carbonyl (C=O) groups excluding carboxylic acids is 3. The number of aryl methyl sites for hydroxylation is 1. The fourth-order valence-corrected chi connectivity index (χ4v) is 4.38. The van der Waals surface area contributed by atoms with Crippen LogP contribution in [0.4, 0.5) is 4.79 Å². The summed E-state index contributed by atoms with van der Waals surface area (Å²) in [4.78, 5) is 35.8. The molecule has 0 bridgehead atoms. The molecule has 0 aliphatic carbocycles. The molecule has 4 aromatic rings. The summed E-state index contributed by atoms with van der Waals surface area (Å²) in [5.74, 6) is 6.09. The number of fused-ring (bicyclic) bond motifs is 1. The summed E-state index contributed by atoms with van der Waals surface area (Å²) < 4.78 is 20.8. The van der Waals surface area contributed by atoms with Gasteiger partial charge in [0.25, 0.3) is 0 Å². The molecule has 7 heteroatoms. The van der Waals surface area contributed by atoms with Crippen LogP contribution in [0.5, 0.6) is 11.5 Å². The van der Waals surface area contributed by atoms with Crippen molar-refractivity contribution in [3.63, 3.8) is 0 Å². The minimum atomic E-state index is -0.832. The van der Waals surface area contributed by atoms with Crippen LogP contribution in [-0.2, 0) is 20.7 Å². The van der Waals surface area contributed by atoms with Gasteiger partial charge >= 0.3 is 18.1 Å². The Kier molecular flexibility index (Phi) is 12.4. The van der Waals surface area contributed by atoms with E-state index in [4.69, 9.17) is 18.9 Å². The SMILES string of the molecule is C=CC(=O)OCCCCOC(=O)Oc1ccc2cc(C(=O)Oc3ccc(C#Cc4ccc(CCCCC)cc4)cc3)ccc2c1. The molecule has 0 aliphatic rings. The largest absolute Gasteiger partial charge is 0.513 e. The average molecular weight is 605 g/mol. The third kappa shape index (κ3) is 10.7. The number of rotatable bonds is 13. The van der Waals surface area contributed by atoms with Gasteiger partial charge in [-0.2, -0.15) is 0 Å². The summed E-state index contributed by atoms with van der Waals surface area (Å²) >= 11 is 0. The average Bonchev–Trinajstić information content (AvgIpc) is 3.06. The molecule has 0 amide bonds. The first-order valence-corrected chi connectivity index (χ1v) is 15.0. The van der Waals surface area contributed by atoms with Crippen molar-refractivity contribution in [2.75, 3.05) is 13.2 Å². The lowest BCUT2D eigenvalue weighted by Gasteiger charge is -2.08. The molecule has 7 nitrogen and oxygen atoms in total. The zero-order chi connectivity index (χ0) is 31.9. The van der Waals surface area contributed by atoms with Crippen molar-refractivity contribution in [1.82, 2.24) is 0 Å². The topological polar surface area (TPSA) is 88.1 Å². The van der Waals surface area contributed by atoms with Gasteiger partial charge in [0, 0.05) is 17.2 Å². The molecule has 4 rings (SSSR count). The van der Waals surface area contributed by atoms with Crippen molar-refractivity contribution in [3.05, 3.63) is 120 Å². The van der Waals surface area contributed by atoms with Gasteiger partial charge in [-0.3, -0.25) is 0 Å². The van der Waals surface area contributed by atoms with Crippen molar-refractivity contribution in [1.29, 1.82) is 0 Å². The molecule has 0 aromatic heterocycles. The van der Waals surface area contributed by atoms with E-state index in [1.165, 1.54) is 24.8 Å². The van der Waals surface area contributed by atoms with Crippen LogP contribution in [0.15, 0.2) is 97.6 Å². The maximum absolute atomic E-state index is 12.8. The zero-order valence-corrected chi connectivity index (χ0v) is 25.4. The van der Waals surface area contributed by atoms with Crippen molar-refractivity contribution in [3.8, 4) is 23.3 Å². The highest BCUT2D eigenvalue weighted by Gasteiger charge is 2.11. The molecule has 0 radical (unpaired) electrons. The maximum atomic E-state index is 12.8. The molecule has 0 fully saturated rings. The summed E-state index contributed by atoms with van der Waals surface area (Å²) in [5.41, 5.74) is 3.49. The van der Waals surface area contributed by atoms with E-state index in [-0.39, 0.29) is 13.2 Å². The van der Waals surface area contributed by atoms with Crippen LogP contribution in [0.1, 0.15) is 66.1 Å². The minimum absolute atomic E-state index is 0.132. The molecule has 0 spiro atoms. The Morgan fingerprint density at radius 3 is 2.00 bits per heavy atom. The van der Waals surface area contributed by atoms with Gasteiger partial charge in [-0.25, -0.2) is 14.4 Å². The van der Waals surface area contributed by atoms with Gasteiger partial charge < -0.3 is 18.9 Å². The fourth-order valence-electron chi connectivity index (χ4n) is 4.38. The number of unbranched alkanes of at least 4 members (excludes halogenated alkanes) is 3. The van der Waals surface area contributed by atoms with E-state index in [2.05, 4.69) is 49.6 Å². The van der Waals surface area contributed by atoms with Gasteiger partial charge in [0.05, 0.1) is 18.8 Å². The number of benzene rings is 4. The van der Waals surface area contributed by atoms with Crippen molar-refractivity contribution < 1.29 is 33.3 Å². The highest BCUT2D eigenvalue weighted by atomic mass is 16.7. The van der Waals surface area contributed by atoms with E-state index in [1.54, 1.807) is 48.5 Å². The summed E-state index contributed by atoms with van der Waals surface area (Å²) in [6.45, 7) is 5.88. The van der Waals surface area contributed by atoms with Crippen molar-refractivity contribution in [2.45, 2.75) is 45.4 Å². The zero-order valence-electron chi connectivity index (χ0n) is 25.4. The normalized spacial score (nSPS) is 10.3. The van der Waals surface area contributed by atoms with Crippen LogP contribution in [0.2, 0.25) is 0 Å². The first-order valence-electron chi connectivity index (χ1n) is 15.0. The molecule has 0 atom stereocenters. The minimum Gasteiger partial charge on any atom is -0.463 e. The van der Waals surface area contributed by atoms with E-state index in [9.17, 15) is 14.4 Å². The Morgan fingerprint density at radius 2 is 1.31 bits per heavy atom. The highest BCUT2D eigenvalue weighted by Crippen LogP contribution is 2.24. The van der Waals surface area contributed by atoms with E-state index >= 15 is 0 Å². The van der Waals surface area contributed by atoms with Gasteiger partial charge in [0.2, 0.25) is 0 Å². The Balaban J connectivity index is 1.26. The van der Waals surface area contributed by atoms with Gasteiger partial charge in [-0.1, -0.05) is 62.5 Å². The molecular formula is C38H36O7. The second kappa shape index (κ2) is 17.1. The Hall–Kier alpha value is -5.35. The van der Waals surface area contributed by atoms with E-state index in [0.717, 1.165) is 34.4 Å². The molecule has 0 N–H and O–H groups in total.